The summed E-state index contributed by atoms with van der Waals surface area (Å²) in [5.41, 5.74) is 2.84. The highest BCUT2D eigenvalue weighted by Crippen LogP contribution is 2.20. The molecule has 1 aromatic rings. The van der Waals surface area contributed by atoms with Crippen molar-refractivity contribution in [2.45, 2.75) is 78.6 Å². The van der Waals surface area contributed by atoms with Gasteiger partial charge in [-0.1, -0.05) is 77.0 Å². The Bertz CT molecular complexity index is 359. The van der Waals surface area contributed by atoms with Crippen molar-refractivity contribution in [3.63, 3.8) is 0 Å². The summed E-state index contributed by atoms with van der Waals surface area (Å²) < 4.78 is 0. The van der Waals surface area contributed by atoms with Gasteiger partial charge in [-0.05, 0) is 31.4 Å². The number of hydrogen-bond acceptors (Lipinski definition) is 1. The zero-order chi connectivity index (χ0) is 15.3. The number of hydrogen-bond donors (Lipinski definition) is 0. The maximum atomic E-state index is 2.58. The predicted octanol–water partition coefficient (Wildman–Crippen LogP) is 6.35. The molecule has 0 saturated carbocycles. The van der Waals surface area contributed by atoms with Crippen LogP contribution in [0.5, 0.6) is 0 Å². The molecule has 0 atom stereocenters. The fraction of sp³-hybridized carbons (Fsp3) is 0.700. The number of para-hydroxylation sites is 1. The molecule has 0 spiro atoms. The largest absolute Gasteiger partial charge is 0.371 e. The van der Waals surface area contributed by atoms with Crippen LogP contribution >= 0.6 is 0 Å². The third-order valence-corrected chi connectivity index (χ3v) is 4.23. The Labute approximate surface area is 132 Å². The molecule has 1 nitrogen and oxygen atoms in total. The Balaban J connectivity index is 2.25. The van der Waals surface area contributed by atoms with Gasteiger partial charge in [0.25, 0.3) is 0 Å². The zero-order valence-electron chi connectivity index (χ0n) is 14.5. The smallest absolute Gasteiger partial charge is 0.0395 e. The number of benzene rings is 1. The van der Waals surface area contributed by atoms with Gasteiger partial charge in [-0.25, -0.2) is 0 Å². The molecule has 0 aromatic heterocycles. The van der Waals surface area contributed by atoms with Crippen LogP contribution in [0.15, 0.2) is 24.3 Å². The standard InChI is InChI=1S/C20H35N/c1-4-6-7-8-9-10-11-14-18-21(17-5-2)20-16-13-12-15-19(20)3/h12-13,15-16H,4-11,14,17-18H2,1-3H3. The second kappa shape index (κ2) is 11.7. The lowest BCUT2D eigenvalue weighted by atomic mass is 10.1. The molecule has 0 saturated heterocycles. The van der Waals surface area contributed by atoms with Gasteiger partial charge in [0.2, 0.25) is 0 Å². The van der Waals surface area contributed by atoms with E-state index >= 15 is 0 Å². The summed E-state index contributed by atoms with van der Waals surface area (Å²) in [5, 5.41) is 0. The number of unbranched alkanes of at least 4 members (excludes halogenated alkanes) is 7. The van der Waals surface area contributed by atoms with E-state index in [1.54, 1.807) is 0 Å². The summed E-state index contributed by atoms with van der Waals surface area (Å²) in [4.78, 5) is 2.58. The van der Waals surface area contributed by atoms with Crippen LogP contribution in [-0.2, 0) is 0 Å². The van der Waals surface area contributed by atoms with Crippen LogP contribution in [0, 0.1) is 6.92 Å². The van der Waals surface area contributed by atoms with Crippen molar-refractivity contribution in [2.24, 2.45) is 0 Å². The SMILES string of the molecule is CCCCCCCCCCN(CCC)c1ccccc1C. The molecule has 120 valence electrons. The molecule has 0 aliphatic heterocycles. The molecule has 0 aliphatic rings. The average Bonchev–Trinajstić information content (AvgIpc) is 2.49. The van der Waals surface area contributed by atoms with Crippen molar-refractivity contribution in [2.75, 3.05) is 18.0 Å². The Kier molecular flexibility index (Phi) is 10.0. The molecule has 0 amide bonds. The second-order valence-electron chi connectivity index (χ2n) is 6.25. The summed E-state index contributed by atoms with van der Waals surface area (Å²) in [5.74, 6) is 0. The summed E-state index contributed by atoms with van der Waals surface area (Å²) in [6.07, 6.45) is 12.4. The van der Waals surface area contributed by atoms with E-state index in [2.05, 4.69) is 49.9 Å². The second-order valence-corrected chi connectivity index (χ2v) is 6.25. The van der Waals surface area contributed by atoms with Gasteiger partial charge in [0.05, 0.1) is 0 Å². The van der Waals surface area contributed by atoms with Crippen LogP contribution in [-0.4, -0.2) is 13.1 Å². The molecule has 1 aromatic carbocycles. The van der Waals surface area contributed by atoms with Crippen molar-refractivity contribution in [3.8, 4) is 0 Å². The van der Waals surface area contributed by atoms with Crippen LogP contribution in [0.1, 0.15) is 77.2 Å². The van der Waals surface area contributed by atoms with E-state index in [4.69, 9.17) is 0 Å². The maximum Gasteiger partial charge on any atom is 0.0395 e. The Morgan fingerprint density at radius 1 is 0.714 bits per heavy atom. The highest BCUT2D eigenvalue weighted by molar-refractivity contribution is 5.52. The van der Waals surface area contributed by atoms with Gasteiger partial charge in [-0.15, -0.1) is 0 Å². The molecule has 0 fully saturated rings. The highest BCUT2D eigenvalue weighted by Gasteiger charge is 2.07. The first kappa shape index (κ1) is 18.1. The van der Waals surface area contributed by atoms with E-state index in [1.165, 1.54) is 82.1 Å². The molecular weight excluding hydrogens is 254 g/mol. The molecule has 0 heterocycles. The van der Waals surface area contributed by atoms with E-state index in [-0.39, 0.29) is 0 Å². The van der Waals surface area contributed by atoms with Gasteiger partial charge < -0.3 is 4.90 Å². The monoisotopic (exact) mass is 289 g/mol. The van der Waals surface area contributed by atoms with Crippen LogP contribution in [0.4, 0.5) is 5.69 Å². The minimum atomic E-state index is 1.18. The fourth-order valence-electron chi connectivity index (χ4n) is 2.98. The third-order valence-electron chi connectivity index (χ3n) is 4.23. The first-order valence-corrected chi connectivity index (χ1v) is 9.10. The fourth-order valence-corrected chi connectivity index (χ4v) is 2.98. The summed E-state index contributed by atoms with van der Waals surface area (Å²) in [7, 11) is 0. The normalized spacial score (nSPS) is 10.8. The molecule has 0 bridgehead atoms. The predicted molar refractivity (Wildman–Crippen MR) is 96.3 cm³/mol. The van der Waals surface area contributed by atoms with E-state index < -0.39 is 0 Å². The van der Waals surface area contributed by atoms with Gasteiger partial charge in [0.1, 0.15) is 0 Å². The van der Waals surface area contributed by atoms with E-state index in [1.807, 2.05) is 0 Å². The number of anilines is 1. The van der Waals surface area contributed by atoms with Gasteiger partial charge in [0, 0.05) is 18.8 Å². The topological polar surface area (TPSA) is 3.24 Å². The first-order chi connectivity index (χ1) is 10.3. The van der Waals surface area contributed by atoms with E-state index in [0.717, 1.165) is 0 Å². The van der Waals surface area contributed by atoms with Crippen molar-refractivity contribution in [1.82, 2.24) is 0 Å². The van der Waals surface area contributed by atoms with Gasteiger partial charge in [0.15, 0.2) is 0 Å². The summed E-state index contributed by atoms with van der Waals surface area (Å²) in [6, 6.07) is 8.81. The molecule has 1 heteroatoms. The molecule has 1 rings (SSSR count). The zero-order valence-corrected chi connectivity index (χ0v) is 14.5. The van der Waals surface area contributed by atoms with Crippen molar-refractivity contribution in [1.29, 1.82) is 0 Å². The lowest BCUT2D eigenvalue weighted by Gasteiger charge is -2.26. The summed E-state index contributed by atoms with van der Waals surface area (Å²) in [6.45, 7) is 9.19. The Morgan fingerprint density at radius 2 is 1.33 bits per heavy atom. The van der Waals surface area contributed by atoms with Gasteiger partial charge >= 0.3 is 0 Å². The Morgan fingerprint density at radius 3 is 1.95 bits per heavy atom. The summed E-state index contributed by atoms with van der Waals surface area (Å²) >= 11 is 0. The molecule has 0 unspecified atom stereocenters. The minimum Gasteiger partial charge on any atom is -0.371 e. The molecule has 0 radical (unpaired) electrons. The third kappa shape index (κ3) is 7.55. The quantitative estimate of drug-likeness (QED) is 0.405. The molecule has 0 aliphatic carbocycles. The van der Waals surface area contributed by atoms with Crippen LogP contribution in [0.2, 0.25) is 0 Å². The lowest BCUT2D eigenvalue weighted by molar-refractivity contribution is 0.570. The van der Waals surface area contributed by atoms with Crippen molar-refractivity contribution >= 4 is 5.69 Å². The minimum absolute atomic E-state index is 1.18. The molecular formula is C20H35N. The van der Waals surface area contributed by atoms with Gasteiger partial charge in [-0.3, -0.25) is 0 Å². The number of rotatable bonds is 12. The Hall–Kier alpha value is -0.980. The number of aryl methyl sites for hydroxylation is 1. The van der Waals surface area contributed by atoms with E-state index in [0.29, 0.717) is 0 Å². The lowest BCUT2D eigenvalue weighted by Crippen LogP contribution is -2.26. The highest BCUT2D eigenvalue weighted by atomic mass is 15.1. The van der Waals surface area contributed by atoms with Crippen molar-refractivity contribution in [3.05, 3.63) is 29.8 Å². The van der Waals surface area contributed by atoms with Crippen LogP contribution in [0.3, 0.4) is 0 Å². The van der Waals surface area contributed by atoms with Gasteiger partial charge in [-0.2, -0.15) is 0 Å². The van der Waals surface area contributed by atoms with E-state index in [9.17, 15) is 0 Å². The van der Waals surface area contributed by atoms with Crippen LogP contribution in [0.25, 0.3) is 0 Å². The first-order valence-electron chi connectivity index (χ1n) is 9.10. The maximum absolute atomic E-state index is 2.58. The number of nitrogens with zero attached hydrogens (tertiary/aromatic N) is 1. The van der Waals surface area contributed by atoms with Crippen molar-refractivity contribution < 1.29 is 0 Å². The van der Waals surface area contributed by atoms with Crippen LogP contribution < -0.4 is 4.90 Å². The molecule has 0 N–H and O–H groups in total. The average molecular weight is 290 g/mol. The molecule has 21 heavy (non-hydrogen) atoms.